The number of hydroxylamine groups is 1. The van der Waals surface area contributed by atoms with Gasteiger partial charge in [-0.25, -0.2) is 8.42 Å². The van der Waals surface area contributed by atoms with Gasteiger partial charge in [-0.15, -0.1) is 0 Å². The maximum Gasteiger partial charge on any atom is 0.264 e. The Bertz CT molecular complexity index is 810. The van der Waals surface area contributed by atoms with E-state index in [1.165, 1.54) is 38.4 Å². The van der Waals surface area contributed by atoms with Crippen molar-refractivity contribution >= 4 is 21.8 Å². The molecule has 0 aliphatic carbocycles. The first-order chi connectivity index (χ1) is 13.7. The molecule has 29 heavy (non-hydrogen) atoms. The fourth-order valence-electron chi connectivity index (χ4n) is 3.44. The number of hydrogen-bond acceptors (Lipinski definition) is 5. The Kier molecular flexibility index (Phi) is 8.18. The lowest BCUT2D eigenvalue weighted by Gasteiger charge is -2.32. The van der Waals surface area contributed by atoms with Crippen molar-refractivity contribution in [3.8, 4) is 0 Å². The predicted molar refractivity (Wildman–Crippen MR) is 110 cm³/mol. The van der Waals surface area contributed by atoms with Gasteiger partial charge in [0.25, 0.3) is 15.9 Å². The summed E-state index contributed by atoms with van der Waals surface area (Å²) in [6.07, 6.45) is 3.45. The molecule has 1 aliphatic heterocycles. The van der Waals surface area contributed by atoms with Crippen LogP contribution < -0.4 is 5.32 Å². The molecule has 1 fully saturated rings. The van der Waals surface area contributed by atoms with Gasteiger partial charge < -0.3 is 10.2 Å². The van der Waals surface area contributed by atoms with Crippen molar-refractivity contribution in [2.75, 3.05) is 27.2 Å². The van der Waals surface area contributed by atoms with E-state index < -0.39 is 10.0 Å². The molecule has 2 rings (SSSR count). The van der Waals surface area contributed by atoms with Gasteiger partial charge in [-0.05, 0) is 50.5 Å². The van der Waals surface area contributed by atoms with Crippen molar-refractivity contribution in [2.45, 2.75) is 50.5 Å². The van der Waals surface area contributed by atoms with Gasteiger partial charge in [0.15, 0.2) is 0 Å². The monoisotopic (exact) mass is 425 g/mol. The molecule has 1 heterocycles. The minimum absolute atomic E-state index is 0.00695. The van der Waals surface area contributed by atoms with Crippen molar-refractivity contribution in [3.05, 3.63) is 29.8 Å². The third-order valence-electron chi connectivity index (χ3n) is 5.18. The maximum atomic E-state index is 12.9. The van der Waals surface area contributed by atoms with E-state index in [0.717, 1.165) is 30.2 Å². The highest BCUT2D eigenvalue weighted by Gasteiger charge is 2.30. The first-order valence-corrected chi connectivity index (χ1v) is 11.4. The molecule has 2 atom stereocenters. The Hall–Kier alpha value is -1.97. The second-order valence-corrected chi connectivity index (χ2v) is 9.35. The molecule has 0 bridgehead atoms. The van der Waals surface area contributed by atoms with Crippen molar-refractivity contribution < 1.29 is 22.8 Å². The summed E-state index contributed by atoms with van der Waals surface area (Å²) >= 11 is 0. The molecular formula is C20H31N3O5S. The van der Waals surface area contributed by atoms with Crippen molar-refractivity contribution in [2.24, 2.45) is 5.92 Å². The lowest BCUT2D eigenvalue weighted by atomic mass is 9.96. The standard InChI is InChI=1S/C20H31N3O5S/c1-5-7-15(2)21-19(24)17-8-6-13-23(14-17)20(25)16-9-11-18(12-10-16)29(26,27)22(3)28-4/h9-12,15,17H,5-8,13-14H2,1-4H3,(H,21,24)/t15-,17+/m0/s1. The Morgan fingerprint density at radius 3 is 2.55 bits per heavy atom. The van der Waals surface area contributed by atoms with E-state index >= 15 is 0 Å². The lowest BCUT2D eigenvalue weighted by molar-refractivity contribution is -0.127. The molecule has 0 spiro atoms. The van der Waals surface area contributed by atoms with E-state index in [1.807, 2.05) is 6.92 Å². The van der Waals surface area contributed by atoms with E-state index in [9.17, 15) is 18.0 Å². The van der Waals surface area contributed by atoms with Crippen LogP contribution in [0.2, 0.25) is 0 Å². The molecule has 0 aromatic heterocycles. The maximum absolute atomic E-state index is 12.9. The van der Waals surface area contributed by atoms with Gasteiger partial charge in [0, 0.05) is 31.7 Å². The lowest BCUT2D eigenvalue weighted by Crippen LogP contribution is -2.47. The number of benzene rings is 1. The summed E-state index contributed by atoms with van der Waals surface area (Å²) in [4.78, 5) is 31.8. The minimum atomic E-state index is -3.76. The van der Waals surface area contributed by atoms with Crippen LogP contribution in [0, 0.1) is 5.92 Å². The van der Waals surface area contributed by atoms with Gasteiger partial charge in [0.1, 0.15) is 0 Å². The highest BCUT2D eigenvalue weighted by atomic mass is 32.2. The first kappa shape index (κ1) is 23.3. The number of likely N-dealkylation sites (tertiary alicyclic amines) is 1. The number of rotatable bonds is 8. The van der Waals surface area contributed by atoms with Crippen LogP contribution in [0.5, 0.6) is 0 Å². The van der Waals surface area contributed by atoms with E-state index in [-0.39, 0.29) is 28.7 Å². The summed E-state index contributed by atoms with van der Waals surface area (Å²) in [5.41, 5.74) is 0.393. The number of amides is 2. The van der Waals surface area contributed by atoms with Gasteiger partial charge in [-0.3, -0.25) is 14.4 Å². The third-order valence-corrected chi connectivity index (χ3v) is 6.88. The molecule has 0 saturated carbocycles. The Labute approximate surface area is 173 Å². The van der Waals surface area contributed by atoms with E-state index in [0.29, 0.717) is 18.7 Å². The van der Waals surface area contributed by atoms with Gasteiger partial charge in [0.2, 0.25) is 5.91 Å². The molecule has 1 aromatic rings. The second-order valence-electron chi connectivity index (χ2n) is 7.41. The molecule has 0 unspecified atom stereocenters. The highest BCUT2D eigenvalue weighted by Crippen LogP contribution is 2.21. The summed E-state index contributed by atoms with van der Waals surface area (Å²) in [7, 11) is -1.19. The third kappa shape index (κ3) is 5.77. The molecule has 0 radical (unpaired) electrons. The predicted octanol–water partition coefficient (Wildman–Crippen LogP) is 2.03. The molecule has 2 amide bonds. The zero-order valence-corrected chi connectivity index (χ0v) is 18.4. The summed E-state index contributed by atoms with van der Waals surface area (Å²) in [6, 6.07) is 5.88. The van der Waals surface area contributed by atoms with Crippen molar-refractivity contribution in [3.63, 3.8) is 0 Å². The molecule has 1 N–H and O–H groups in total. The van der Waals surface area contributed by atoms with Crippen LogP contribution in [0.1, 0.15) is 49.9 Å². The number of carbonyl (C=O) groups is 2. The van der Waals surface area contributed by atoms with Gasteiger partial charge >= 0.3 is 0 Å². The van der Waals surface area contributed by atoms with Crippen LogP contribution in [-0.4, -0.2) is 62.9 Å². The van der Waals surface area contributed by atoms with E-state index in [2.05, 4.69) is 12.2 Å². The summed E-state index contributed by atoms with van der Waals surface area (Å²) < 4.78 is 25.3. The van der Waals surface area contributed by atoms with Crippen molar-refractivity contribution in [1.29, 1.82) is 0 Å². The SMILES string of the molecule is CCC[C@H](C)NC(=O)[C@@H]1CCCN(C(=O)c2ccc(S(=O)(=O)N(C)OC)cc2)C1. The summed E-state index contributed by atoms with van der Waals surface area (Å²) in [5.74, 6) is -0.428. The molecule has 162 valence electrons. The number of sulfonamides is 1. The Balaban J connectivity index is 2.05. The smallest absolute Gasteiger partial charge is 0.264 e. The van der Waals surface area contributed by atoms with E-state index in [4.69, 9.17) is 4.84 Å². The number of hydrogen-bond donors (Lipinski definition) is 1. The largest absolute Gasteiger partial charge is 0.353 e. The average Bonchev–Trinajstić information content (AvgIpc) is 2.72. The Morgan fingerprint density at radius 2 is 1.97 bits per heavy atom. The first-order valence-electron chi connectivity index (χ1n) is 9.93. The minimum Gasteiger partial charge on any atom is -0.353 e. The van der Waals surface area contributed by atoms with E-state index in [1.54, 1.807) is 4.90 Å². The van der Waals surface area contributed by atoms with Gasteiger partial charge in [0.05, 0.1) is 17.9 Å². The zero-order valence-electron chi connectivity index (χ0n) is 17.6. The van der Waals surface area contributed by atoms with Crippen LogP contribution in [-0.2, 0) is 19.7 Å². The zero-order chi connectivity index (χ0) is 21.6. The number of piperidine rings is 1. The molecule has 1 aliphatic rings. The van der Waals surface area contributed by atoms with Gasteiger partial charge in [-0.1, -0.05) is 17.8 Å². The van der Waals surface area contributed by atoms with Crippen molar-refractivity contribution in [1.82, 2.24) is 14.7 Å². The fraction of sp³-hybridized carbons (Fsp3) is 0.600. The second kappa shape index (κ2) is 10.2. The Morgan fingerprint density at radius 1 is 1.31 bits per heavy atom. The molecule has 1 saturated heterocycles. The molecule has 9 heteroatoms. The number of carbonyl (C=O) groups excluding carboxylic acids is 2. The molecule has 8 nitrogen and oxygen atoms in total. The topological polar surface area (TPSA) is 96.0 Å². The number of nitrogens with one attached hydrogen (secondary N) is 1. The van der Waals surface area contributed by atoms with Crippen LogP contribution in [0.15, 0.2) is 29.2 Å². The van der Waals surface area contributed by atoms with Crippen LogP contribution >= 0.6 is 0 Å². The van der Waals surface area contributed by atoms with Gasteiger partial charge in [-0.2, -0.15) is 0 Å². The normalized spacial score (nSPS) is 18.5. The quantitative estimate of drug-likeness (QED) is 0.643. The average molecular weight is 426 g/mol. The highest BCUT2D eigenvalue weighted by molar-refractivity contribution is 7.89. The summed E-state index contributed by atoms with van der Waals surface area (Å²) in [5, 5.41) is 3.03. The fourth-order valence-corrected chi connectivity index (χ4v) is 4.41. The van der Waals surface area contributed by atoms with Crippen LogP contribution in [0.3, 0.4) is 0 Å². The summed E-state index contributed by atoms with van der Waals surface area (Å²) in [6.45, 7) is 5.02. The number of nitrogens with zero attached hydrogens (tertiary/aromatic N) is 2. The molecule has 1 aromatic carbocycles. The van der Waals surface area contributed by atoms with Crippen LogP contribution in [0.25, 0.3) is 0 Å². The van der Waals surface area contributed by atoms with Crippen LogP contribution in [0.4, 0.5) is 0 Å². The molecular weight excluding hydrogens is 394 g/mol.